The molecule has 0 saturated carbocycles. The summed E-state index contributed by atoms with van der Waals surface area (Å²) in [5, 5.41) is 48.4. The monoisotopic (exact) mass is 628 g/mol. The second kappa shape index (κ2) is 12.8. The van der Waals surface area contributed by atoms with Gasteiger partial charge in [0.25, 0.3) is 0 Å². The number of imidazole rings is 1. The Balaban J connectivity index is 1.32. The molecule has 45 heavy (non-hydrogen) atoms. The summed E-state index contributed by atoms with van der Waals surface area (Å²) in [6.45, 7) is 5.19. The number of nitrogens with one attached hydrogen (secondary N) is 1. The number of benzene rings is 2. The first-order chi connectivity index (χ1) is 21.8. The molecule has 4 heterocycles. The van der Waals surface area contributed by atoms with Crippen LogP contribution < -0.4 is 19.9 Å². The number of halogens is 1. The van der Waals surface area contributed by atoms with Gasteiger partial charge in [0.05, 0.1) is 53.5 Å². The first-order valence-corrected chi connectivity index (χ1v) is 15.1. The standard InChI is InChI=1S/C31H33ClN10O3/c1-3-39(15-19-4-6-23(45-2)7-5-19)30-29-35-14-21(13-34)42(29)38-31(37-30)36-24-10-20(12-33)11-26(28(24)32)40-9-8-25(27(44)18-40)41-16-22(43)17-41/h4-7,10-11,14,22,25,27,43-44H,3,8-9,15-18H2,1-2H3,(H,36,38)/t25-,27-/m1/s1. The van der Waals surface area contributed by atoms with Gasteiger partial charge in [-0.2, -0.15) is 20.0 Å². The fourth-order valence-electron chi connectivity index (χ4n) is 5.93. The van der Waals surface area contributed by atoms with Crippen LogP contribution in [0.5, 0.6) is 5.75 Å². The Labute approximate surface area is 265 Å². The molecule has 2 aliphatic rings. The molecule has 2 aromatic carbocycles. The summed E-state index contributed by atoms with van der Waals surface area (Å²) < 4.78 is 6.73. The number of aliphatic hydroxyl groups excluding tert-OH is 2. The highest BCUT2D eigenvalue weighted by atomic mass is 35.5. The normalized spacial score (nSPS) is 18.7. The molecular weight excluding hydrogens is 596 g/mol. The van der Waals surface area contributed by atoms with E-state index in [1.807, 2.05) is 41.0 Å². The largest absolute Gasteiger partial charge is 0.497 e. The molecule has 2 atom stereocenters. The van der Waals surface area contributed by atoms with Crippen LogP contribution in [-0.4, -0.2) is 92.8 Å². The number of hydrogen-bond donors (Lipinski definition) is 3. The van der Waals surface area contributed by atoms with Crippen molar-refractivity contribution >= 4 is 40.4 Å². The predicted molar refractivity (Wildman–Crippen MR) is 169 cm³/mol. The van der Waals surface area contributed by atoms with E-state index in [0.717, 1.165) is 11.3 Å². The summed E-state index contributed by atoms with van der Waals surface area (Å²) in [4.78, 5) is 15.4. The molecule has 2 fully saturated rings. The molecule has 0 amide bonds. The summed E-state index contributed by atoms with van der Waals surface area (Å²) in [6, 6.07) is 15.4. The first kappa shape index (κ1) is 30.4. The number of aliphatic hydroxyl groups is 2. The molecular formula is C31H33ClN10O3. The molecule has 6 rings (SSSR count). The van der Waals surface area contributed by atoms with Crippen molar-refractivity contribution in [3.63, 3.8) is 0 Å². The van der Waals surface area contributed by atoms with E-state index in [0.29, 0.717) is 79.1 Å². The van der Waals surface area contributed by atoms with Crippen LogP contribution in [0.1, 0.15) is 30.2 Å². The SMILES string of the molecule is CCN(Cc1ccc(OC)cc1)c1nc(Nc2cc(C#N)cc(N3CC[C@@H](N4CC(O)C4)[C@H](O)C3)c2Cl)nn2c(C#N)cnc12. The Hall–Kier alpha value is -4.66. The van der Waals surface area contributed by atoms with Crippen LogP contribution in [0.4, 0.5) is 23.1 Å². The number of aromatic nitrogens is 4. The molecule has 14 heteroatoms. The zero-order valence-electron chi connectivity index (χ0n) is 24.9. The van der Waals surface area contributed by atoms with Gasteiger partial charge in [0.2, 0.25) is 5.95 Å². The maximum atomic E-state index is 11.0. The van der Waals surface area contributed by atoms with Gasteiger partial charge >= 0.3 is 0 Å². The summed E-state index contributed by atoms with van der Waals surface area (Å²) in [7, 11) is 1.62. The highest BCUT2D eigenvalue weighted by molar-refractivity contribution is 6.36. The third kappa shape index (κ3) is 6.03. The lowest BCUT2D eigenvalue weighted by Gasteiger charge is -2.48. The maximum Gasteiger partial charge on any atom is 0.247 e. The number of nitriles is 2. The summed E-state index contributed by atoms with van der Waals surface area (Å²) in [5.41, 5.74) is 3.08. The zero-order valence-corrected chi connectivity index (χ0v) is 25.7. The van der Waals surface area contributed by atoms with Gasteiger partial charge in [-0.3, -0.25) is 4.90 Å². The van der Waals surface area contributed by atoms with E-state index in [1.165, 1.54) is 10.7 Å². The van der Waals surface area contributed by atoms with Crippen molar-refractivity contribution in [1.29, 1.82) is 10.5 Å². The molecule has 232 valence electrons. The summed E-state index contributed by atoms with van der Waals surface area (Å²) in [6.07, 6.45) is 1.15. The van der Waals surface area contributed by atoms with Gasteiger partial charge in [-0.25, -0.2) is 4.98 Å². The van der Waals surface area contributed by atoms with Crippen LogP contribution in [0.2, 0.25) is 5.02 Å². The molecule has 4 aromatic rings. The van der Waals surface area contributed by atoms with E-state index in [-0.39, 0.29) is 23.8 Å². The number of anilines is 4. The van der Waals surface area contributed by atoms with Crippen LogP contribution in [0.15, 0.2) is 42.6 Å². The van der Waals surface area contributed by atoms with Crippen LogP contribution in [0.3, 0.4) is 0 Å². The van der Waals surface area contributed by atoms with Crippen molar-refractivity contribution in [3.8, 4) is 17.9 Å². The molecule has 0 radical (unpaired) electrons. The van der Waals surface area contributed by atoms with Crippen molar-refractivity contribution in [2.75, 3.05) is 55.0 Å². The molecule has 0 bridgehead atoms. The van der Waals surface area contributed by atoms with Crippen LogP contribution in [-0.2, 0) is 6.54 Å². The van der Waals surface area contributed by atoms with Crippen LogP contribution in [0, 0.1) is 22.7 Å². The third-order valence-electron chi connectivity index (χ3n) is 8.35. The van der Waals surface area contributed by atoms with E-state index >= 15 is 0 Å². The zero-order chi connectivity index (χ0) is 31.7. The number of likely N-dealkylation sites (tertiary alicyclic amines) is 1. The molecule has 2 saturated heterocycles. The van der Waals surface area contributed by atoms with Crippen LogP contribution >= 0.6 is 11.6 Å². The van der Waals surface area contributed by atoms with Crippen molar-refractivity contribution in [1.82, 2.24) is 24.5 Å². The molecule has 0 spiro atoms. The maximum absolute atomic E-state index is 11.0. The van der Waals surface area contributed by atoms with Crippen molar-refractivity contribution in [2.45, 2.75) is 38.1 Å². The summed E-state index contributed by atoms with van der Waals surface area (Å²) >= 11 is 6.96. The number of ether oxygens (including phenoxy) is 1. The lowest BCUT2D eigenvalue weighted by Crippen LogP contribution is -2.62. The van der Waals surface area contributed by atoms with E-state index in [9.17, 15) is 20.7 Å². The van der Waals surface area contributed by atoms with Gasteiger partial charge in [0.15, 0.2) is 17.2 Å². The molecule has 13 nitrogen and oxygen atoms in total. The highest BCUT2D eigenvalue weighted by Crippen LogP contribution is 2.38. The number of β-amino-alcohol motifs (C(OH)–C–C–N with tert-alkyl or cyclic N) is 2. The fraction of sp³-hybridized carbons (Fsp3) is 0.387. The number of fused-ring (bicyclic) bond motifs is 1. The van der Waals surface area contributed by atoms with Gasteiger partial charge < -0.3 is 30.1 Å². The molecule has 0 unspecified atom stereocenters. The Kier molecular flexibility index (Phi) is 8.61. The van der Waals surface area contributed by atoms with Gasteiger partial charge in [0, 0.05) is 45.3 Å². The predicted octanol–water partition coefficient (Wildman–Crippen LogP) is 2.92. The van der Waals surface area contributed by atoms with Gasteiger partial charge in [0.1, 0.15) is 11.8 Å². The first-order valence-electron chi connectivity index (χ1n) is 14.7. The quantitative estimate of drug-likeness (QED) is 0.249. The van der Waals surface area contributed by atoms with E-state index < -0.39 is 6.10 Å². The number of methoxy groups -OCH3 is 1. The number of rotatable bonds is 9. The number of piperidine rings is 1. The van der Waals surface area contributed by atoms with Gasteiger partial charge in [-0.1, -0.05) is 23.7 Å². The Morgan fingerprint density at radius 2 is 1.91 bits per heavy atom. The minimum Gasteiger partial charge on any atom is -0.497 e. The molecule has 2 aliphatic heterocycles. The lowest BCUT2D eigenvalue weighted by molar-refractivity contribution is -0.0650. The average molecular weight is 629 g/mol. The second-order valence-electron chi connectivity index (χ2n) is 11.2. The van der Waals surface area contributed by atoms with E-state index in [2.05, 4.69) is 32.4 Å². The molecule has 0 aliphatic carbocycles. The lowest BCUT2D eigenvalue weighted by atomic mass is 9.95. The Bertz CT molecular complexity index is 1780. The van der Waals surface area contributed by atoms with Gasteiger partial charge in [-0.05, 0) is 43.2 Å². The average Bonchev–Trinajstić information content (AvgIpc) is 3.46. The Morgan fingerprint density at radius 3 is 2.56 bits per heavy atom. The topological polar surface area (TPSA) is 162 Å². The van der Waals surface area contributed by atoms with Crippen molar-refractivity contribution in [2.24, 2.45) is 0 Å². The third-order valence-corrected chi connectivity index (χ3v) is 8.75. The van der Waals surface area contributed by atoms with Gasteiger partial charge in [-0.15, -0.1) is 5.10 Å². The van der Waals surface area contributed by atoms with Crippen molar-refractivity contribution in [3.05, 3.63) is 64.4 Å². The number of nitrogens with zero attached hydrogens (tertiary/aromatic N) is 9. The van der Waals surface area contributed by atoms with Crippen molar-refractivity contribution < 1.29 is 14.9 Å². The molecule has 2 aromatic heterocycles. The number of hydrogen-bond acceptors (Lipinski definition) is 12. The highest BCUT2D eigenvalue weighted by Gasteiger charge is 2.38. The minimum absolute atomic E-state index is 0.0392. The van der Waals surface area contributed by atoms with E-state index in [1.54, 1.807) is 19.2 Å². The fourth-order valence-corrected chi connectivity index (χ4v) is 6.21. The summed E-state index contributed by atoms with van der Waals surface area (Å²) in [5.74, 6) is 1.44. The van der Waals surface area contributed by atoms with Crippen LogP contribution in [0.25, 0.3) is 5.65 Å². The minimum atomic E-state index is -0.644. The Morgan fingerprint density at radius 1 is 1.13 bits per heavy atom. The van der Waals surface area contributed by atoms with E-state index in [4.69, 9.17) is 21.3 Å². The second-order valence-corrected chi connectivity index (χ2v) is 11.6. The smallest absolute Gasteiger partial charge is 0.247 e. The molecule has 3 N–H and O–H groups in total.